The molecule has 0 radical (unpaired) electrons. The maximum atomic E-state index is 11.9. The summed E-state index contributed by atoms with van der Waals surface area (Å²) < 4.78 is 10.3. The van der Waals surface area contributed by atoms with E-state index in [1.165, 1.54) is 6.92 Å². The lowest BCUT2D eigenvalue weighted by Gasteiger charge is -2.25. The van der Waals surface area contributed by atoms with Crippen LogP contribution in [0.1, 0.15) is 19.4 Å². The third kappa shape index (κ3) is 5.53. The van der Waals surface area contributed by atoms with Gasteiger partial charge in [-0.3, -0.25) is 9.59 Å². The van der Waals surface area contributed by atoms with Crippen LogP contribution in [0.3, 0.4) is 0 Å². The summed E-state index contributed by atoms with van der Waals surface area (Å²) in [5.41, 5.74) is 1.50. The van der Waals surface area contributed by atoms with E-state index in [9.17, 15) is 14.7 Å². The van der Waals surface area contributed by atoms with Gasteiger partial charge >= 0.3 is 11.9 Å². The van der Waals surface area contributed by atoms with Crippen molar-refractivity contribution >= 4 is 17.6 Å². The molecule has 0 aliphatic carbocycles. The summed E-state index contributed by atoms with van der Waals surface area (Å²) in [5.74, 6) is -0.183. The van der Waals surface area contributed by atoms with Gasteiger partial charge < -0.3 is 19.5 Å². The Kier molecular flexibility index (Phi) is 6.39. The van der Waals surface area contributed by atoms with E-state index in [0.717, 1.165) is 11.3 Å². The number of hydrogen-bond donors (Lipinski definition) is 1. The van der Waals surface area contributed by atoms with Crippen LogP contribution in [0.4, 0.5) is 5.69 Å². The van der Waals surface area contributed by atoms with Crippen molar-refractivity contribution in [2.24, 2.45) is 0 Å². The van der Waals surface area contributed by atoms with E-state index in [0.29, 0.717) is 18.9 Å². The van der Waals surface area contributed by atoms with Crippen molar-refractivity contribution < 1.29 is 24.2 Å². The molecule has 0 atom stereocenters. The molecule has 0 aliphatic rings. The zero-order valence-electron chi connectivity index (χ0n) is 14.3. The fourth-order valence-corrected chi connectivity index (χ4v) is 2.36. The van der Waals surface area contributed by atoms with Crippen molar-refractivity contribution in [3.8, 4) is 11.5 Å². The van der Waals surface area contributed by atoms with Crippen LogP contribution in [-0.2, 0) is 20.9 Å². The Bertz CT molecular complexity index is 727. The molecular weight excluding hydrogens is 322 g/mol. The van der Waals surface area contributed by atoms with Gasteiger partial charge in [-0.2, -0.15) is 0 Å². The van der Waals surface area contributed by atoms with Gasteiger partial charge in [0.05, 0.1) is 6.61 Å². The number of phenols is 1. The fraction of sp³-hybridized carbons (Fsp3) is 0.263. The highest BCUT2D eigenvalue weighted by molar-refractivity contribution is 5.76. The van der Waals surface area contributed by atoms with Crippen molar-refractivity contribution in [2.75, 3.05) is 18.1 Å². The normalized spacial score (nSPS) is 10.2. The second-order valence-corrected chi connectivity index (χ2v) is 5.38. The molecule has 0 heterocycles. The molecule has 0 amide bonds. The molecule has 0 bridgehead atoms. The van der Waals surface area contributed by atoms with Crippen LogP contribution in [0.2, 0.25) is 0 Å². The van der Waals surface area contributed by atoms with Crippen LogP contribution >= 0.6 is 0 Å². The molecule has 0 saturated heterocycles. The minimum atomic E-state index is -0.408. The van der Waals surface area contributed by atoms with Crippen molar-refractivity contribution in [1.29, 1.82) is 0 Å². The van der Waals surface area contributed by atoms with Gasteiger partial charge in [0.2, 0.25) is 0 Å². The van der Waals surface area contributed by atoms with Crippen molar-refractivity contribution in [1.82, 2.24) is 0 Å². The summed E-state index contributed by atoms with van der Waals surface area (Å²) in [6.07, 6.45) is 0. The van der Waals surface area contributed by atoms with E-state index in [4.69, 9.17) is 9.47 Å². The van der Waals surface area contributed by atoms with E-state index in [2.05, 4.69) is 0 Å². The Morgan fingerprint density at radius 2 is 1.76 bits per heavy atom. The molecule has 0 aromatic heterocycles. The second kappa shape index (κ2) is 8.73. The molecule has 132 valence electrons. The zero-order chi connectivity index (χ0) is 18.2. The Labute approximate surface area is 146 Å². The second-order valence-electron chi connectivity index (χ2n) is 5.38. The highest BCUT2D eigenvalue weighted by Gasteiger charge is 2.16. The SMILES string of the molecule is CCOC(=O)CN(Cc1ccccc1OC(C)=O)c1ccc(O)cc1. The van der Waals surface area contributed by atoms with Gasteiger partial charge in [-0.05, 0) is 37.3 Å². The molecule has 0 unspecified atom stereocenters. The zero-order valence-corrected chi connectivity index (χ0v) is 14.3. The summed E-state index contributed by atoms with van der Waals surface area (Å²) in [6, 6.07) is 13.7. The quantitative estimate of drug-likeness (QED) is 0.615. The standard InChI is InChI=1S/C19H21NO5/c1-3-24-19(23)13-20(16-8-10-17(22)11-9-16)12-15-6-4-5-7-18(15)25-14(2)21/h4-11,22H,3,12-13H2,1-2H3. The molecule has 0 fully saturated rings. The fourth-order valence-electron chi connectivity index (χ4n) is 2.36. The number of nitrogens with zero attached hydrogens (tertiary/aromatic N) is 1. The van der Waals surface area contributed by atoms with Crippen LogP contribution < -0.4 is 9.64 Å². The van der Waals surface area contributed by atoms with Crippen LogP contribution in [0.25, 0.3) is 0 Å². The number of benzene rings is 2. The summed E-state index contributed by atoms with van der Waals surface area (Å²) in [4.78, 5) is 25.0. The van der Waals surface area contributed by atoms with E-state index in [1.54, 1.807) is 48.2 Å². The summed E-state index contributed by atoms with van der Waals surface area (Å²) in [7, 11) is 0. The van der Waals surface area contributed by atoms with Crippen LogP contribution in [-0.4, -0.2) is 30.2 Å². The molecule has 0 saturated carbocycles. The summed E-state index contributed by atoms with van der Waals surface area (Å²) >= 11 is 0. The van der Waals surface area contributed by atoms with Gasteiger partial charge in [0.25, 0.3) is 0 Å². The Morgan fingerprint density at radius 3 is 2.40 bits per heavy atom. The van der Waals surface area contributed by atoms with Crippen molar-refractivity contribution in [3.63, 3.8) is 0 Å². The number of ether oxygens (including phenoxy) is 2. The van der Waals surface area contributed by atoms with Gasteiger partial charge in [-0.1, -0.05) is 18.2 Å². The number of phenolic OH excluding ortho intramolecular Hbond substituents is 1. The molecule has 25 heavy (non-hydrogen) atoms. The molecule has 6 heteroatoms. The average Bonchev–Trinajstić information content (AvgIpc) is 2.56. The Hall–Kier alpha value is -3.02. The highest BCUT2D eigenvalue weighted by atomic mass is 16.5. The highest BCUT2D eigenvalue weighted by Crippen LogP contribution is 2.25. The average molecular weight is 343 g/mol. The van der Waals surface area contributed by atoms with Crippen molar-refractivity contribution in [2.45, 2.75) is 20.4 Å². The number of carbonyl (C=O) groups is 2. The van der Waals surface area contributed by atoms with E-state index in [1.807, 2.05) is 12.1 Å². The van der Waals surface area contributed by atoms with Crippen LogP contribution in [0.5, 0.6) is 11.5 Å². The monoisotopic (exact) mass is 343 g/mol. The van der Waals surface area contributed by atoms with Gasteiger partial charge in [0, 0.05) is 24.7 Å². The van der Waals surface area contributed by atoms with Crippen LogP contribution in [0.15, 0.2) is 48.5 Å². The molecule has 6 nitrogen and oxygen atoms in total. The van der Waals surface area contributed by atoms with Gasteiger partial charge in [-0.25, -0.2) is 0 Å². The number of rotatable bonds is 7. The smallest absolute Gasteiger partial charge is 0.325 e. The lowest BCUT2D eigenvalue weighted by Crippen LogP contribution is -2.30. The number of carbonyl (C=O) groups excluding carboxylic acids is 2. The topological polar surface area (TPSA) is 76.1 Å². The Morgan fingerprint density at radius 1 is 1.08 bits per heavy atom. The third-order valence-corrected chi connectivity index (χ3v) is 3.43. The van der Waals surface area contributed by atoms with Crippen molar-refractivity contribution in [3.05, 3.63) is 54.1 Å². The van der Waals surface area contributed by atoms with Crippen LogP contribution in [0, 0.1) is 0 Å². The maximum absolute atomic E-state index is 11.9. The number of aromatic hydroxyl groups is 1. The number of esters is 2. The maximum Gasteiger partial charge on any atom is 0.325 e. The number of anilines is 1. The molecule has 0 aliphatic heterocycles. The lowest BCUT2D eigenvalue weighted by molar-refractivity contribution is -0.141. The first kappa shape index (κ1) is 18.3. The van der Waals surface area contributed by atoms with E-state index in [-0.39, 0.29) is 18.3 Å². The minimum Gasteiger partial charge on any atom is -0.508 e. The summed E-state index contributed by atoms with van der Waals surface area (Å²) in [5, 5.41) is 9.47. The molecule has 2 aromatic carbocycles. The molecule has 0 spiro atoms. The van der Waals surface area contributed by atoms with E-state index >= 15 is 0 Å². The number of hydrogen-bond acceptors (Lipinski definition) is 6. The van der Waals surface area contributed by atoms with Gasteiger partial charge in [-0.15, -0.1) is 0 Å². The molecule has 1 N–H and O–H groups in total. The minimum absolute atomic E-state index is 0.0347. The first-order chi connectivity index (χ1) is 12.0. The van der Waals surface area contributed by atoms with Gasteiger partial charge in [0.1, 0.15) is 18.0 Å². The number of para-hydroxylation sites is 1. The van der Waals surface area contributed by atoms with Gasteiger partial charge in [0.15, 0.2) is 0 Å². The molecule has 2 aromatic rings. The largest absolute Gasteiger partial charge is 0.508 e. The Balaban J connectivity index is 2.28. The molecule has 2 rings (SSSR count). The summed E-state index contributed by atoms with van der Waals surface area (Å²) in [6.45, 7) is 3.76. The first-order valence-electron chi connectivity index (χ1n) is 7.95. The third-order valence-electron chi connectivity index (χ3n) is 3.43. The lowest BCUT2D eigenvalue weighted by atomic mass is 10.1. The molecular formula is C19H21NO5. The predicted octanol–water partition coefficient (Wildman–Crippen LogP) is 2.89. The predicted molar refractivity (Wildman–Crippen MR) is 93.5 cm³/mol. The van der Waals surface area contributed by atoms with E-state index < -0.39 is 5.97 Å². The first-order valence-corrected chi connectivity index (χ1v) is 7.95.